The number of rotatable bonds is 3. The number of thiophene rings is 1. The molecule has 1 rings (SSSR count). The van der Waals surface area contributed by atoms with Crippen molar-refractivity contribution >= 4 is 17.2 Å². The van der Waals surface area contributed by atoms with Gasteiger partial charge in [-0.05, 0) is 19.1 Å². The summed E-state index contributed by atoms with van der Waals surface area (Å²) in [5, 5.41) is 9.92. The van der Waals surface area contributed by atoms with Crippen LogP contribution in [0.5, 0.6) is 0 Å². The summed E-state index contributed by atoms with van der Waals surface area (Å²) in [4.78, 5) is 13.2. The fourth-order valence-corrected chi connectivity index (χ4v) is 1.82. The van der Waals surface area contributed by atoms with E-state index < -0.39 is 6.10 Å². The summed E-state index contributed by atoms with van der Waals surface area (Å²) in [5.41, 5.74) is 0. The standard InChI is InChI=1S/C9H13N2O2S.2C2H6.W/c1-6(12)5-11(10)9(13)8-4-3-7(2)14-8;2*1-2;/h3-4,6,12H,1,5,10H2,2H3;2*1-2H3;/q-1;;;/t6-;;;/m1.../s1. The molecule has 6 heteroatoms. The zero-order valence-corrected chi connectivity index (χ0v) is 16.1. The molecule has 0 saturated heterocycles. The molecule has 0 fully saturated rings. The number of nitrogens with zero attached hydrogens (tertiary/aromatic N) is 1. The zero-order chi connectivity index (χ0) is 14.7. The molecule has 1 amide bonds. The number of aliphatic hydroxyl groups excluding tert-OH is 1. The molecule has 0 radical (unpaired) electrons. The Balaban J connectivity index is -0.000000467. The minimum Gasteiger partial charge on any atom is -0.423 e. The number of nitrogens with two attached hydrogens (primary N) is 1. The van der Waals surface area contributed by atoms with Gasteiger partial charge in [-0.2, -0.15) is 0 Å². The van der Waals surface area contributed by atoms with Gasteiger partial charge >= 0.3 is 0 Å². The van der Waals surface area contributed by atoms with Crippen LogP contribution in [0.3, 0.4) is 0 Å². The average Bonchev–Trinajstić information content (AvgIpc) is 2.79. The van der Waals surface area contributed by atoms with Gasteiger partial charge in [0.15, 0.2) is 0 Å². The third-order valence-electron chi connectivity index (χ3n) is 1.62. The van der Waals surface area contributed by atoms with Crippen molar-refractivity contribution in [3.8, 4) is 0 Å². The van der Waals surface area contributed by atoms with E-state index >= 15 is 0 Å². The van der Waals surface area contributed by atoms with E-state index in [2.05, 4.69) is 6.92 Å². The monoisotopic (exact) mass is 457 g/mol. The second-order valence-electron chi connectivity index (χ2n) is 3.02. The number of aryl methyl sites for hydroxylation is 1. The SMILES string of the molecule is CC.CC.[CH2-][C@@H](O)CN(N)C(=O)c1ccc(C)s1.[W]. The van der Waals surface area contributed by atoms with Crippen LogP contribution in [0.1, 0.15) is 42.2 Å². The fraction of sp³-hybridized carbons (Fsp3) is 0.538. The fourth-order valence-electron chi connectivity index (χ4n) is 1.00. The summed E-state index contributed by atoms with van der Waals surface area (Å²) in [5.74, 6) is 5.16. The number of carbonyl (C=O) groups is 1. The Morgan fingerprint density at radius 1 is 1.42 bits per heavy atom. The molecule has 0 aliphatic rings. The van der Waals surface area contributed by atoms with Crippen LogP contribution in [-0.2, 0) is 21.1 Å². The van der Waals surface area contributed by atoms with Crippen molar-refractivity contribution in [2.24, 2.45) is 5.84 Å². The van der Waals surface area contributed by atoms with E-state index in [1.54, 1.807) is 6.07 Å². The maximum atomic E-state index is 11.6. The van der Waals surface area contributed by atoms with Crippen molar-refractivity contribution in [1.82, 2.24) is 5.01 Å². The van der Waals surface area contributed by atoms with Gasteiger partial charge in [0, 0.05) is 32.5 Å². The quantitative estimate of drug-likeness (QED) is 0.318. The Labute approximate surface area is 135 Å². The van der Waals surface area contributed by atoms with Gasteiger partial charge in [0.25, 0.3) is 5.91 Å². The maximum absolute atomic E-state index is 11.6. The summed E-state index contributed by atoms with van der Waals surface area (Å²) in [6.45, 7) is 13.3. The predicted molar refractivity (Wildman–Crippen MR) is 78.3 cm³/mol. The third kappa shape index (κ3) is 10.3. The summed E-state index contributed by atoms with van der Waals surface area (Å²) < 4.78 is 0. The molecule has 1 heterocycles. The number of aliphatic hydroxyl groups is 1. The average molecular weight is 457 g/mol. The van der Waals surface area contributed by atoms with Crippen LogP contribution in [0.15, 0.2) is 12.1 Å². The van der Waals surface area contributed by atoms with Crippen molar-refractivity contribution in [1.29, 1.82) is 0 Å². The molecule has 0 spiro atoms. The Morgan fingerprint density at radius 2 is 1.89 bits per heavy atom. The molecule has 0 aliphatic heterocycles. The molecule has 0 bridgehead atoms. The molecule has 1 atom stereocenters. The number of carbonyl (C=O) groups excluding carboxylic acids is 1. The Morgan fingerprint density at radius 3 is 2.21 bits per heavy atom. The van der Waals surface area contributed by atoms with Gasteiger partial charge in [-0.15, -0.1) is 11.3 Å². The van der Waals surface area contributed by atoms with Gasteiger partial charge in [-0.3, -0.25) is 9.80 Å². The Bertz CT molecular complexity index is 330. The summed E-state index contributed by atoms with van der Waals surface area (Å²) in [6, 6.07) is 3.57. The van der Waals surface area contributed by atoms with Crippen LogP contribution >= 0.6 is 11.3 Å². The minimum atomic E-state index is -0.856. The van der Waals surface area contributed by atoms with Crippen molar-refractivity contribution in [3.05, 3.63) is 28.8 Å². The van der Waals surface area contributed by atoms with E-state index in [0.717, 1.165) is 9.89 Å². The molecular formula is C13H25N2O2SW-. The summed E-state index contributed by atoms with van der Waals surface area (Å²) >= 11 is 1.38. The van der Waals surface area contributed by atoms with Gasteiger partial charge < -0.3 is 12.0 Å². The Hall–Kier alpha value is -0.222. The molecular weight excluding hydrogens is 432 g/mol. The van der Waals surface area contributed by atoms with Gasteiger partial charge in [0.05, 0.1) is 4.88 Å². The van der Waals surface area contributed by atoms with Gasteiger partial charge in [0.1, 0.15) is 0 Å². The predicted octanol–water partition coefficient (Wildman–Crippen LogP) is 2.62. The van der Waals surface area contributed by atoms with Gasteiger partial charge in [0.2, 0.25) is 0 Å². The molecule has 0 saturated carbocycles. The van der Waals surface area contributed by atoms with E-state index in [9.17, 15) is 4.79 Å². The van der Waals surface area contributed by atoms with Crippen LogP contribution in [-0.4, -0.2) is 28.7 Å². The molecule has 0 aliphatic carbocycles. The molecule has 0 unspecified atom stereocenters. The number of hydrogen-bond donors (Lipinski definition) is 2. The first-order valence-corrected chi connectivity index (χ1v) is 6.96. The smallest absolute Gasteiger partial charge is 0.277 e. The molecule has 1 aromatic rings. The van der Waals surface area contributed by atoms with E-state index in [4.69, 9.17) is 10.9 Å². The second kappa shape index (κ2) is 14.2. The van der Waals surface area contributed by atoms with E-state index in [1.165, 1.54) is 11.3 Å². The van der Waals surface area contributed by atoms with Crippen molar-refractivity contribution in [2.45, 2.75) is 40.7 Å². The van der Waals surface area contributed by atoms with Crippen LogP contribution < -0.4 is 5.84 Å². The first-order chi connectivity index (χ1) is 8.50. The van der Waals surface area contributed by atoms with Crippen LogP contribution in [0.2, 0.25) is 0 Å². The summed E-state index contributed by atoms with van der Waals surface area (Å²) in [6.07, 6.45) is -0.856. The van der Waals surface area contributed by atoms with Crippen molar-refractivity contribution in [2.75, 3.05) is 6.54 Å². The first-order valence-electron chi connectivity index (χ1n) is 6.15. The molecule has 3 N–H and O–H groups in total. The van der Waals surface area contributed by atoms with E-state index in [1.807, 2.05) is 40.7 Å². The number of amides is 1. The topological polar surface area (TPSA) is 66.6 Å². The van der Waals surface area contributed by atoms with Crippen LogP contribution in [0.25, 0.3) is 0 Å². The minimum absolute atomic E-state index is 0. The van der Waals surface area contributed by atoms with Crippen LogP contribution in [0, 0.1) is 13.8 Å². The Kier molecular flexibility index (Phi) is 17.8. The van der Waals surface area contributed by atoms with Gasteiger partial charge in [-0.25, -0.2) is 5.84 Å². The molecule has 4 nitrogen and oxygen atoms in total. The molecule has 0 aromatic carbocycles. The zero-order valence-electron chi connectivity index (χ0n) is 12.3. The van der Waals surface area contributed by atoms with Crippen LogP contribution in [0.4, 0.5) is 0 Å². The normalized spacial score (nSPS) is 9.89. The van der Waals surface area contributed by atoms with Gasteiger partial charge in [-0.1, -0.05) is 33.8 Å². The summed E-state index contributed by atoms with van der Waals surface area (Å²) in [7, 11) is 0. The van der Waals surface area contributed by atoms with E-state index in [0.29, 0.717) is 4.88 Å². The maximum Gasteiger partial charge on any atom is 0.277 e. The largest absolute Gasteiger partial charge is 0.423 e. The van der Waals surface area contributed by atoms with E-state index in [-0.39, 0.29) is 33.5 Å². The second-order valence-corrected chi connectivity index (χ2v) is 4.31. The first kappa shape index (κ1) is 23.8. The van der Waals surface area contributed by atoms with Crippen molar-refractivity contribution < 1.29 is 31.0 Å². The molecule has 19 heavy (non-hydrogen) atoms. The van der Waals surface area contributed by atoms with Crippen molar-refractivity contribution in [3.63, 3.8) is 0 Å². The number of hydrazine groups is 1. The molecule has 1 aromatic heterocycles. The third-order valence-corrected chi connectivity index (χ3v) is 2.61. The molecule has 112 valence electrons. The number of hydrogen-bond acceptors (Lipinski definition) is 4.